The number of thiol groups is 1. The van der Waals surface area contributed by atoms with Crippen LogP contribution in [0.5, 0.6) is 0 Å². The third-order valence-corrected chi connectivity index (χ3v) is 2.64. The van der Waals surface area contributed by atoms with E-state index >= 15 is 0 Å². The fourth-order valence-electron chi connectivity index (χ4n) is 1.44. The van der Waals surface area contributed by atoms with Gasteiger partial charge in [-0.15, -0.1) is 12.6 Å². The van der Waals surface area contributed by atoms with E-state index in [0.717, 1.165) is 15.9 Å². The largest absolute Gasteiger partial charge is 0.339 e. The van der Waals surface area contributed by atoms with Gasteiger partial charge in [-0.3, -0.25) is 10.1 Å². The summed E-state index contributed by atoms with van der Waals surface area (Å²) in [5.74, 6) is 0. The minimum Gasteiger partial charge on any atom is -0.339 e. The first kappa shape index (κ1) is 9.08. The van der Waals surface area contributed by atoms with Crippen LogP contribution in [0.25, 0.3) is 10.9 Å². The Morgan fingerprint density at radius 1 is 1.43 bits per heavy atom. The van der Waals surface area contributed by atoms with Crippen molar-refractivity contribution < 1.29 is 4.92 Å². The van der Waals surface area contributed by atoms with Crippen molar-refractivity contribution in [3.05, 3.63) is 34.4 Å². The minimum atomic E-state index is -0.398. The lowest BCUT2D eigenvalue weighted by molar-refractivity contribution is -0.384. The van der Waals surface area contributed by atoms with Gasteiger partial charge in [0.2, 0.25) is 0 Å². The predicted octanol–water partition coefficient (Wildman–Crippen LogP) is 2.38. The highest BCUT2D eigenvalue weighted by Gasteiger charge is 2.09. The molecule has 0 aliphatic rings. The molecule has 0 unspecified atom stereocenters. The van der Waals surface area contributed by atoms with Crippen LogP contribution in [0.4, 0.5) is 5.69 Å². The normalized spacial score (nSPS) is 10.7. The zero-order valence-corrected chi connectivity index (χ0v) is 8.36. The molecule has 0 aliphatic carbocycles. The van der Waals surface area contributed by atoms with Crippen molar-refractivity contribution in [2.24, 2.45) is 7.05 Å². The van der Waals surface area contributed by atoms with Gasteiger partial charge in [0.25, 0.3) is 5.69 Å². The van der Waals surface area contributed by atoms with Gasteiger partial charge in [0.15, 0.2) is 0 Å². The van der Waals surface area contributed by atoms with Gasteiger partial charge in [0.05, 0.1) is 9.95 Å². The molecular weight excluding hydrogens is 200 g/mol. The monoisotopic (exact) mass is 208 g/mol. The highest BCUT2D eigenvalue weighted by Crippen LogP contribution is 2.24. The molecule has 0 fully saturated rings. The second-order valence-electron chi connectivity index (χ2n) is 3.06. The summed E-state index contributed by atoms with van der Waals surface area (Å²) in [4.78, 5) is 10.1. The molecule has 2 aromatic rings. The average molecular weight is 208 g/mol. The Morgan fingerprint density at radius 3 is 2.79 bits per heavy atom. The number of hydrogen-bond donors (Lipinski definition) is 1. The first-order valence-electron chi connectivity index (χ1n) is 4.02. The number of nitro benzene ring substituents is 1. The Morgan fingerprint density at radius 2 is 2.14 bits per heavy atom. The van der Waals surface area contributed by atoms with Crippen LogP contribution in [0.15, 0.2) is 29.3 Å². The van der Waals surface area contributed by atoms with Crippen molar-refractivity contribution in [1.29, 1.82) is 0 Å². The summed E-state index contributed by atoms with van der Waals surface area (Å²) in [6, 6.07) is 6.59. The van der Waals surface area contributed by atoms with Crippen LogP contribution in [-0.2, 0) is 7.05 Å². The number of rotatable bonds is 1. The molecule has 0 spiro atoms. The number of aryl methyl sites for hydroxylation is 1. The van der Waals surface area contributed by atoms with E-state index in [9.17, 15) is 10.1 Å². The van der Waals surface area contributed by atoms with Crippen molar-refractivity contribution in [3.8, 4) is 0 Å². The summed E-state index contributed by atoms with van der Waals surface area (Å²) >= 11 is 4.24. The van der Waals surface area contributed by atoms with Crippen molar-refractivity contribution in [2.75, 3.05) is 0 Å². The van der Waals surface area contributed by atoms with Crippen molar-refractivity contribution in [2.45, 2.75) is 5.03 Å². The third-order valence-electron chi connectivity index (χ3n) is 2.21. The number of non-ortho nitro benzene ring substituents is 1. The first-order chi connectivity index (χ1) is 6.59. The summed E-state index contributed by atoms with van der Waals surface area (Å²) < 4.78 is 1.88. The predicted molar refractivity (Wildman–Crippen MR) is 56.8 cm³/mol. The van der Waals surface area contributed by atoms with Crippen molar-refractivity contribution in [1.82, 2.24) is 4.57 Å². The molecule has 0 saturated carbocycles. The number of hydrogen-bond acceptors (Lipinski definition) is 3. The summed E-state index contributed by atoms with van der Waals surface area (Å²) in [5, 5.41) is 12.1. The number of aromatic nitrogens is 1. The highest BCUT2D eigenvalue weighted by molar-refractivity contribution is 7.80. The Labute approximate surface area is 85.7 Å². The maximum absolute atomic E-state index is 10.5. The standard InChI is InChI=1S/C9H8N2O2S/c1-10-8-3-2-7(11(12)13)4-6(8)5-9(10)14/h2-5,14H,1H3. The van der Waals surface area contributed by atoms with Gasteiger partial charge in [0.1, 0.15) is 0 Å². The van der Waals surface area contributed by atoms with Crippen LogP contribution >= 0.6 is 12.6 Å². The molecule has 14 heavy (non-hydrogen) atoms. The molecule has 0 amide bonds. The maximum Gasteiger partial charge on any atom is 0.270 e. The van der Waals surface area contributed by atoms with Gasteiger partial charge in [-0.1, -0.05) is 0 Å². The smallest absolute Gasteiger partial charge is 0.270 e. The topological polar surface area (TPSA) is 48.1 Å². The lowest BCUT2D eigenvalue weighted by atomic mass is 10.2. The molecule has 1 aromatic heterocycles. The van der Waals surface area contributed by atoms with E-state index < -0.39 is 4.92 Å². The Kier molecular flexibility index (Phi) is 1.96. The number of benzene rings is 1. The van der Waals surface area contributed by atoms with Crippen molar-refractivity contribution in [3.63, 3.8) is 0 Å². The quantitative estimate of drug-likeness (QED) is 0.444. The third kappa shape index (κ3) is 1.26. The number of nitro groups is 1. The molecular formula is C9H8N2O2S. The lowest BCUT2D eigenvalue weighted by Gasteiger charge is -1.97. The summed E-state index contributed by atoms with van der Waals surface area (Å²) in [6.07, 6.45) is 0. The van der Waals surface area contributed by atoms with Crippen LogP contribution < -0.4 is 0 Å². The summed E-state index contributed by atoms with van der Waals surface area (Å²) in [7, 11) is 1.87. The van der Waals surface area contributed by atoms with E-state index in [1.54, 1.807) is 12.1 Å². The second kappa shape index (κ2) is 3.02. The van der Waals surface area contributed by atoms with Gasteiger partial charge >= 0.3 is 0 Å². The zero-order chi connectivity index (χ0) is 10.3. The Hall–Kier alpha value is -1.49. The average Bonchev–Trinajstić information content (AvgIpc) is 2.42. The van der Waals surface area contributed by atoms with E-state index in [0.29, 0.717) is 0 Å². The van der Waals surface area contributed by atoms with Crippen LogP contribution in [-0.4, -0.2) is 9.49 Å². The van der Waals surface area contributed by atoms with E-state index in [-0.39, 0.29) is 5.69 Å². The second-order valence-corrected chi connectivity index (χ2v) is 3.52. The molecule has 5 heteroatoms. The van der Waals surface area contributed by atoms with Crippen LogP contribution in [0.2, 0.25) is 0 Å². The van der Waals surface area contributed by atoms with Gasteiger partial charge in [-0.05, 0) is 12.1 Å². The highest BCUT2D eigenvalue weighted by atomic mass is 32.1. The van der Waals surface area contributed by atoms with Gasteiger partial charge in [-0.25, -0.2) is 0 Å². The molecule has 1 aromatic carbocycles. The summed E-state index contributed by atoms with van der Waals surface area (Å²) in [5.41, 5.74) is 1.05. The molecule has 72 valence electrons. The molecule has 0 radical (unpaired) electrons. The fraction of sp³-hybridized carbons (Fsp3) is 0.111. The van der Waals surface area contributed by atoms with Crippen molar-refractivity contribution >= 4 is 29.2 Å². The van der Waals surface area contributed by atoms with Crippen LogP contribution in [0.3, 0.4) is 0 Å². The molecule has 2 rings (SSSR count). The van der Waals surface area contributed by atoms with E-state index in [1.807, 2.05) is 17.7 Å². The van der Waals surface area contributed by atoms with E-state index in [2.05, 4.69) is 12.6 Å². The van der Waals surface area contributed by atoms with E-state index in [1.165, 1.54) is 6.07 Å². The molecule has 0 saturated heterocycles. The first-order valence-corrected chi connectivity index (χ1v) is 4.47. The van der Waals surface area contributed by atoms with Gasteiger partial charge in [-0.2, -0.15) is 0 Å². The van der Waals surface area contributed by atoms with Gasteiger partial charge in [0, 0.05) is 30.1 Å². The molecule has 0 aliphatic heterocycles. The molecule has 0 bridgehead atoms. The van der Waals surface area contributed by atoms with Gasteiger partial charge < -0.3 is 4.57 Å². The fourth-order valence-corrected chi connectivity index (χ4v) is 1.68. The molecule has 0 N–H and O–H groups in total. The molecule has 0 atom stereocenters. The number of nitrogens with zero attached hydrogens (tertiary/aromatic N) is 2. The minimum absolute atomic E-state index is 0.108. The Balaban J connectivity index is 2.73. The number of fused-ring (bicyclic) bond motifs is 1. The summed E-state index contributed by atoms with van der Waals surface area (Å²) in [6.45, 7) is 0. The lowest BCUT2D eigenvalue weighted by Crippen LogP contribution is -1.89. The SMILES string of the molecule is Cn1c(S)cc2cc([N+](=O)[O-])ccc21. The van der Waals surface area contributed by atoms with Crippen LogP contribution in [0, 0.1) is 10.1 Å². The maximum atomic E-state index is 10.5. The van der Waals surface area contributed by atoms with Crippen LogP contribution in [0.1, 0.15) is 0 Å². The Bertz CT molecular complexity index is 519. The van der Waals surface area contributed by atoms with E-state index in [4.69, 9.17) is 0 Å². The molecule has 1 heterocycles. The zero-order valence-electron chi connectivity index (χ0n) is 7.47. The molecule has 4 nitrogen and oxygen atoms in total.